The molecule has 3 atom stereocenters. The van der Waals surface area contributed by atoms with Gasteiger partial charge >= 0.3 is 6.09 Å². The Labute approximate surface area is 194 Å². The summed E-state index contributed by atoms with van der Waals surface area (Å²) in [5, 5.41) is 17.9. The number of amides is 2. The Hall–Kier alpha value is -2.98. The van der Waals surface area contributed by atoms with Crippen LogP contribution in [0.15, 0.2) is 36.5 Å². The second kappa shape index (κ2) is 11.8. The minimum absolute atomic E-state index is 0.0291. The molecular formula is C23H33N5O5. The van der Waals surface area contributed by atoms with E-state index in [2.05, 4.69) is 10.3 Å². The molecular weight excluding hydrogens is 426 g/mol. The standard InChI is InChI=1S/C23H33N5O5/c1-17-12-28(18(2)15-29)22(30)10-7-11-27-13-19(24-25-27)16-32-21(17)14-26(3)23(31)33-20-8-5-4-6-9-20/h4-6,8-9,13,17-18,21,29H,7,10-12,14-16H2,1-3H3/t17-,18-,21-/m0/s1. The third-order valence-corrected chi connectivity index (χ3v) is 5.76. The van der Waals surface area contributed by atoms with E-state index in [-0.39, 0.29) is 37.6 Å². The molecule has 0 unspecified atom stereocenters. The lowest BCUT2D eigenvalue weighted by Crippen LogP contribution is -2.48. The lowest BCUT2D eigenvalue weighted by molar-refractivity contribution is -0.136. The Morgan fingerprint density at radius 2 is 2.12 bits per heavy atom. The zero-order chi connectivity index (χ0) is 23.8. The molecule has 0 saturated carbocycles. The van der Waals surface area contributed by atoms with E-state index in [1.54, 1.807) is 40.9 Å². The van der Waals surface area contributed by atoms with Crippen LogP contribution in [-0.4, -0.2) is 80.8 Å². The zero-order valence-corrected chi connectivity index (χ0v) is 19.5. The summed E-state index contributed by atoms with van der Waals surface area (Å²) in [6.45, 7) is 5.15. The predicted octanol–water partition coefficient (Wildman–Crippen LogP) is 1.93. The van der Waals surface area contributed by atoms with Gasteiger partial charge in [0, 0.05) is 32.5 Å². The third-order valence-electron chi connectivity index (χ3n) is 5.76. The van der Waals surface area contributed by atoms with Crippen LogP contribution in [0, 0.1) is 5.92 Å². The molecule has 2 aromatic rings. The molecule has 2 amide bonds. The van der Waals surface area contributed by atoms with Crippen molar-refractivity contribution in [3.05, 3.63) is 42.2 Å². The number of aromatic nitrogens is 3. The van der Waals surface area contributed by atoms with Crippen molar-refractivity contribution in [1.29, 1.82) is 0 Å². The van der Waals surface area contributed by atoms with Crippen LogP contribution in [0.2, 0.25) is 0 Å². The third kappa shape index (κ3) is 7.00. The van der Waals surface area contributed by atoms with E-state index in [0.717, 1.165) is 0 Å². The van der Waals surface area contributed by atoms with Crippen molar-refractivity contribution in [1.82, 2.24) is 24.8 Å². The Bertz CT molecular complexity index is 906. The molecule has 0 spiro atoms. The van der Waals surface area contributed by atoms with Crippen LogP contribution in [0.5, 0.6) is 5.75 Å². The summed E-state index contributed by atoms with van der Waals surface area (Å²) < 4.78 is 13.3. The van der Waals surface area contributed by atoms with Gasteiger partial charge in [-0.05, 0) is 25.5 Å². The first kappa shape index (κ1) is 24.7. The Balaban J connectivity index is 1.75. The molecule has 2 heterocycles. The fraction of sp³-hybridized carbons (Fsp3) is 0.565. The molecule has 1 aromatic carbocycles. The van der Waals surface area contributed by atoms with E-state index in [4.69, 9.17) is 9.47 Å². The first-order chi connectivity index (χ1) is 15.9. The van der Waals surface area contributed by atoms with Gasteiger partial charge in [-0.25, -0.2) is 4.79 Å². The second-order valence-corrected chi connectivity index (χ2v) is 8.54. The molecule has 1 aliphatic heterocycles. The highest BCUT2D eigenvalue weighted by atomic mass is 16.6. The summed E-state index contributed by atoms with van der Waals surface area (Å²) in [4.78, 5) is 28.7. The smallest absolute Gasteiger partial charge is 0.410 e. The maximum absolute atomic E-state index is 12.9. The van der Waals surface area contributed by atoms with E-state index in [1.807, 2.05) is 26.1 Å². The molecule has 1 N–H and O–H groups in total. The molecule has 10 nitrogen and oxygen atoms in total. The van der Waals surface area contributed by atoms with Crippen molar-refractivity contribution in [2.24, 2.45) is 5.92 Å². The highest BCUT2D eigenvalue weighted by Crippen LogP contribution is 2.18. The normalized spacial score (nSPS) is 20.8. The van der Waals surface area contributed by atoms with Gasteiger partial charge in [0.2, 0.25) is 5.91 Å². The maximum atomic E-state index is 12.9. The van der Waals surface area contributed by atoms with Crippen molar-refractivity contribution >= 4 is 12.0 Å². The summed E-state index contributed by atoms with van der Waals surface area (Å²) in [6, 6.07) is 8.55. The van der Waals surface area contributed by atoms with Crippen LogP contribution in [0.25, 0.3) is 0 Å². The summed E-state index contributed by atoms with van der Waals surface area (Å²) in [6.07, 6.45) is 1.89. The van der Waals surface area contributed by atoms with Gasteiger partial charge in [-0.1, -0.05) is 30.3 Å². The molecule has 33 heavy (non-hydrogen) atoms. The Morgan fingerprint density at radius 3 is 2.85 bits per heavy atom. The lowest BCUT2D eigenvalue weighted by Gasteiger charge is -2.35. The van der Waals surface area contributed by atoms with Crippen LogP contribution in [0.4, 0.5) is 4.79 Å². The Kier molecular flexibility index (Phi) is 8.79. The number of hydrogen-bond acceptors (Lipinski definition) is 7. The van der Waals surface area contributed by atoms with Crippen LogP contribution in [-0.2, 0) is 22.7 Å². The summed E-state index contributed by atoms with van der Waals surface area (Å²) >= 11 is 0. The number of rotatable bonds is 5. The van der Waals surface area contributed by atoms with Crippen LogP contribution in [0.1, 0.15) is 32.4 Å². The molecule has 1 aromatic heterocycles. The fourth-order valence-electron chi connectivity index (χ4n) is 3.70. The van der Waals surface area contributed by atoms with Crippen molar-refractivity contribution in [3.8, 4) is 5.75 Å². The fourth-order valence-corrected chi connectivity index (χ4v) is 3.70. The average Bonchev–Trinajstić information content (AvgIpc) is 3.27. The van der Waals surface area contributed by atoms with E-state index in [1.165, 1.54) is 4.90 Å². The van der Waals surface area contributed by atoms with Gasteiger partial charge in [0.1, 0.15) is 11.4 Å². The average molecular weight is 460 g/mol. The summed E-state index contributed by atoms with van der Waals surface area (Å²) in [5.74, 6) is 0.313. The minimum atomic E-state index is -0.498. The van der Waals surface area contributed by atoms with E-state index in [0.29, 0.717) is 37.4 Å². The van der Waals surface area contributed by atoms with Crippen molar-refractivity contribution < 1.29 is 24.2 Å². The number of carbonyl (C=O) groups is 2. The molecule has 0 aliphatic carbocycles. The quantitative estimate of drug-likeness (QED) is 0.727. The largest absolute Gasteiger partial charge is 0.415 e. The number of para-hydroxylation sites is 1. The second-order valence-electron chi connectivity index (χ2n) is 8.54. The monoisotopic (exact) mass is 459 g/mol. The van der Waals surface area contributed by atoms with Gasteiger partial charge < -0.3 is 24.4 Å². The molecule has 1 aliphatic rings. The SMILES string of the molecule is C[C@H]1CN([C@@H](C)CO)C(=O)CCCn2cc(nn2)CO[C@H]1CN(C)C(=O)Oc1ccccc1. The summed E-state index contributed by atoms with van der Waals surface area (Å²) in [7, 11) is 1.65. The topological polar surface area (TPSA) is 110 Å². The molecule has 10 heteroatoms. The highest BCUT2D eigenvalue weighted by molar-refractivity contribution is 5.76. The first-order valence-electron chi connectivity index (χ1n) is 11.3. The predicted molar refractivity (Wildman–Crippen MR) is 120 cm³/mol. The van der Waals surface area contributed by atoms with Gasteiger partial charge in [0.25, 0.3) is 0 Å². The number of nitrogens with zero attached hydrogens (tertiary/aromatic N) is 5. The van der Waals surface area contributed by atoms with Gasteiger partial charge in [0.15, 0.2) is 0 Å². The lowest BCUT2D eigenvalue weighted by atomic mass is 10.0. The number of hydrogen-bond donors (Lipinski definition) is 1. The van der Waals surface area contributed by atoms with Gasteiger partial charge in [-0.3, -0.25) is 9.48 Å². The molecule has 0 radical (unpaired) electrons. The zero-order valence-electron chi connectivity index (χ0n) is 19.5. The van der Waals surface area contributed by atoms with E-state index in [9.17, 15) is 14.7 Å². The first-order valence-corrected chi connectivity index (χ1v) is 11.3. The van der Waals surface area contributed by atoms with Gasteiger partial charge in [0.05, 0.1) is 38.1 Å². The molecule has 3 rings (SSSR count). The molecule has 0 saturated heterocycles. The van der Waals surface area contributed by atoms with Crippen LogP contribution < -0.4 is 4.74 Å². The number of likely N-dealkylation sites (N-methyl/N-ethyl adjacent to an activating group) is 1. The number of carbonyl (C=O) groups excluding carboxylic acids is 2. The highest BCUT2D eigenvalue weighted by Gasteiger charge is 2.29. The summed E-state index contributed by atoms with van der Waals surface area (Å²) in [5.41, 5.74) is 0.688. The van der Waals surface area contributed by atoms with Gasteiger partial charge in [-0.15, -0.1) is 5.10 Å². The molecule has 0 fully saturated rings. The number of benzene rings is 1. The van der Waals surface area contributed by atoms with Crippen LogP contribution >= 0.6 is 0 Å². The van der Waals surface area contributed by atoms with E-state index < -0.39 is 12.2 Å². The number of aliphatic hydroxyl groups is 1. The number of aliphatic hydroxyl groups excluding tert-OH is 1. The Morgan fingerprint density at radius 1 is 1.36 bits per heavy atom. The van der Waals surface area contributed by atoms with Crippen molar-refractivity contribution in [2.45, 2.75) is 52.0 Å². The minimum Gasteiger partial charge on any atom is -0.410 e. The molecule has 2 bridgehead atoms. The molecule has 180 valence electrons. The number of ether oxygens (including phenoxy) is 2. The number of fused-ring (bicyclic) bond motifs is 2. The van der Waals surface area contributed by atoms with Crippen LogP contribution in [0.3, 0.4) is 0 Å². The number of aryl methyl sites for hydroxylation is 1. The van der Waals surface area contributed by atoms with Crippen molar-refractivity contribution in [2.75, 3.05) is 26.7 Å². The van der Waals surface area contributed by atoms with Crippen molar-refractivity contribution in [3.63, 3.8) is 0 Å². The maximum Gasteiger partial charge on any atom is 0.415 e. The van der Waals surface area contributed by atoms with E-state index >= 15 is 0 Å². The van der Waals surface area contributed by atoms with Gasteiger partial charge in [-0.2, -0.15) is 0 Å².